The number of rotatable bonds is 9. The molecular formula is C23H25FN9O9P2S2+. The largest absolute Gasteiger partial charge is 0.582 e. The third kappa shape index (κ3) is 5.38. The molecule has 0 aliphatic carbocycles. The Kier molecular flexibility index (Phi) is 8.67. The van der Waals surface area contributed by atoms with Crippen molar-refractivity contribution in [1.82, 2.24) is 34.1 Å². The molecule has 0 bridgehead atoms. The highest BCUT2D eigenvalue weighted by atomic mass is 32.7. The predicted octanol–water partition coefficient (Wildman–Crippen LogP) is -0.122. The number of nitrogens with one attached hydrogen (secondary N) is 1. The molecule has 2 unspecified atom stereocenters. The molecule has 4 aromatic rings. The van der Waals surface area contributed by atoms with Gasteiger partial charge in [0.2, 0.25) is 5.95 Å². The zero-order chi connectivity index (χ0) is 33.1. The summed E-state index contributed by atoms with van der Waals surface area (Å²) in [7, 11) is -2.68. The van der Waals surface area contributed by atoms with Crippen LogP contribution in [-0.2, 0) is 34.9 Å². The van der Waals surface area contributed by atoms with Crippen LogP contribution in [0.3, 0.4) is 0 Å². The number of aliphatic hydroxyl groups excluding tert-OH is 2. The molecule has 6 rings (SSSR count). The van der Waals surface area contributed by atoms with Crippen molar-refractivity contribution in [2.24, 2.45) is 0 Å². The van der Waals surface area contributed by atoms with E-state index in [1.807, 2.05) is 0 Å². The maximum absolute atomic E-state index is 15.8. The number of aliphatic hydroxyl groups is 2. The fraction of sp³-hybridized carbons (Fsp3) is 0.435. The second-order valence-corrected chi connectivity index (χ2v) is 15.5. The molecule has 0 spiro atoms. The Hall–Kier alpha value is -3.12. The average molecular weight is 717 g/mol. The number of thiol groups is 1. The van der Waals surface area contributed by atoms with Crippen molar-refractivity contribution in [1.29, 1.82) is 0 Å². The van der Waals surface area contributed by atoms with Crippen molar-refractivity contribution < 1.29 is 42.6 Å². The van der Waals surface area contributed by atoms with Crippen LogP contribution in [0.4, 0.5) is 16.2 Å². The lowest BCUT2D eigenvalue weighted by Crippen LogP contribution is -2.46. The molecule has 4 aromatic heterocycles. The van der Waals surface area contributed by atoms with Crippen molar-refractivity contribution in [2.75, 3.05) is 24.7 Å². The molecule has 2 aliphatic rings. The predicted molar refractivity (Wildman–Crippen MR) is 166 cm³/mol. The number of fused-ring (bicyclic) bond motifs is 2. The summed E-state index contributed by atoms with van der Waals surface area (Å²) in [6.07, 6.45) is 0.122. The van der Waals surface area contributed by atoms with Gasteiger partial charge in [-0.15, -0.1) is 10.9 Å². The number of anilines is 2. The van der Waals surface area contributed by atoms with Gasteiger partial charge >= 0.3 is 7.23 Å². The summed E-state index contributed by atoms with van der Waals surface area (Å²) in [4.78, 5) is 42.4. The molecule has 244 valence electrons. The van der Waals surface area contributed by atoms with E-state index in [0.29, 0.717) is 5.39 Å². The lowest BCUT2D eigenvalue weighted by molar-refractivity contribution is -0.0832. The smallest absolute Gasteiger partial charge is 0.394 e. The zero-order valence-corrected chi connectivity index (χ0v) is 26.6. The van der Waals surface area contributed by atoms with E-state index in [4.69, 9.17) is 48.2 Å². The molecule has 10 atom stereocenters. The molecule has 2 aliphatic heterocycles. The Morgan fingerprint density at radius 3 is 2.76 bits per heavy atom. The van der Waals surface area contributed by atoms with Gasteiger partial charge < -0.3 is 45.1 Å². The number of aromatic nitrogens is 7. The van der Waals surface area contributed by atoms with Crippen LogP contribution in [0.15, 0.2) is 29.7 Å². The van der Waals surface area contributed by atoms with Crippen LogP contribution < -0.4 is 17.0 Å². The standard InChI is InChI=1S/C23H24FN9O9P2S2/c1-2-23(15(42-43(37)45)13(35)20(41-23)32-4-3-9-16(25)27-7-28-17(9)32)6-39-44(38,46)14-11(24)10(5-34)40-21(14)33-8-29-12-18(33)30-22(26)31-19(12)36/h1,3-4,7-8,10-11,13-15,20-21,34-35H,5-6H2,(H6-,25,26,27,28,30,31,36,37,38,45,46)/p+1/t10-,11-,13-,14-,15+,20-,21-,23-,44?/m1/s1. The van der Waals surface area contributed by atoms with Gasteiger partial charge in [0, 0.05) is 6.20 Å². The van der Waals surface area contributed by atoms with E-state index in [1.54, 1.807) is 6.07 Å². The Bertz CT molecular complexity index is 1990. The van der Waals surface area contributed by atoms with Crippen molar-refractivity contribution in [2.45, 2.75) is 48.2 Å². The van der Waals surface area contributed by atoms with Gasteiger partial charge in [-0.1, -0.05) is 5.92 Å². The average Bonchev–Trinajstić information content (AvgIpc) is 3.76. The maximum atomic E-state index is 15.8. The van der Waals surface area contributed by atoms with E-state index in [2.05, 4.69) is 43.1 Å². The molecule has 8 N–H and O–H groups in total. The highest BCUT2D eigenvalue weighted by Crippen LogP contribution is 2.59. The first-order valence-electron chi connectivity index (χ1n) is 13.1. The normalized spacial score (nSPS) is 31.3. The number of ether oxygens (including phenoxy) is 2. The molecule has 2 saturated heterocycles. The SMILES string of the molecule is C#C[C@]1(COP(O)(=S)[C@@H]2[C@H](F)[C@@H](CO)O[C@H]2n2cnc3c(=O)[nH]c(N)nc32)O[C@@H](n2ccc3c(N)ncnc32)[C@H](O)[C@@H]1O[P+](=O)S. The fourth-order valence-corrected chi connectivity index (χ4v) is 8.79. The van der Waals surface area contributed by atoms with Gasteiger partial charge in [-0.2, -0.15) is 4.98 Å². The van der Waals surface area contributed by atoms with E-state index in [1.165, 1.54) is 17.1 Å². The number of nitrogen functional groups attached to an aromatic ring is 2. The number of nitrogens with zero attached hydrogens (tertiary/aromatic N) is 6. The summed E-state index contributed by atoms with van der Waals surface area (Å²) in [5, 5.41) is 21.6. The molecule has 0 aromatic carbocycles. The molecule has 0 amide bonds. The number of hydrogen-bond acceptors (Lipinski definition) is 15. The summed E-state index contributed by atoms with van der Waals surface area (Å²) in [6, 6.07) is 1.57. The van der Waals surface area contributed by atoms with Crippen molar-refractivity contribution in [3.8, 4) is 12.3 Å². The molecule has 46 heavy (non-hydrogen) atoms. The Morgan fingerprint density at radius 1 is 1.30 bits per heavy atom. The Labute approximate surface area is 268 Å². The first-order valence-corrected chi connectivity index (χ1v) is 18.2. The summed E-state index contributed by atoms with van der Waals surface area (Å²) in [5.41, 5.74) is 7.16. The Morgan fingerprint density at radius 2 is 2.07 bits per heavy atom. The highest BCUT2D eigenvalue weighted by Gasteiger charge is 2.61. The van der Waals surface area contributed by atoms with Gasteiger partial charge in [-0.25, -0.2) is 19.3 Å². The number of hydrogen-bond donors (Lipinski definition) is 7. The summed E-state index contributed by atoms with van der Waals surface area (Å²) in [5.74, 6) is 2.21. The van der Waals surface area contributed by atoms with E-state index in [9.17, 15) is 24.5 Å². The van der Waals surface area contributed by atoms with Gasteiger partial charge in [0.25, 0.3) is 5.56 Å². The summed E-state index contributed by atoms with van der Waals surface area (Å²) < 4.78 is 53.5. The van der Waals surface area contributed by atoms with Gasteiger partial charge in [-0.3, -0.25) is 14.3 Å². The first kappa shape index (κ1) is 32.8. The molecule has 0 saturated carbocycles. The van der Waals surface area contributed by atoms with Crippen LogP contribution in [0.2, 0.25) is 0 Å². The summed E-state index contributed by atoms with van der Waals surface area (Å²) >= 11 is 9.23. The van der Waals surface area contributed by atoms with Crippen LogP contribution >= 0.6 is 26.0 Å². The number of H-pyrrole nitrogens is 1. The van der Waals surface area contributed by atoms with Gasteiger partial charge in [0.15, 0.2) is 41.8 Å². The van der Waals surface area contributed by atoms with E-state index in [0.717, 1.165) is 10.9 Å². The fourth-order valence-electron chi connectivity index (χ4n) is 5.54. The maximum Gasteiger partial charge on any atom is 0.582 e. The molecular weight excluding hydrogens is 691 g/mol. The number of terminal acetylenes is 1. The van der Waals surface area contributed by atoms with Crippen LogP contribution in [-0.4, -0.2) is 98.1 Å². The molecule has 2 fully saturated rings. The Balaban J connectivity index is 1.34. The van der Waals surface area contributed by atoms with Gasteiger partial charge in [0.05, 0.1) is 24.9 Å². The number of alkyl halides is 1. The van der Waals surface area contributed by atoms with E-state index in [-0.39, 0.29) is 28.6 Å². The third-order valence-electron chi connectivity index (χ3n) is 7.69. The van der Waals surface area contributed by atoms with Crippen LogP contribution in [0.1, 0.15) is 12.5 Å². The monoisotopic (exact) mass is 716 g/mol. The zero-order valence-electron chi connectivity index (χ0n) is 23.1. The van der Waals surface area contributed by atoms with Gasteiger partial charge in [-0.05, 0) is 22.4 Å². The van der Waals surface area contributed by atoms with E-state index >= 15 is 4.39 Å². The highest BCUT2D eigenvalue weighted by molar-refractivity contribution is 8.39. The topological polar surface area (TPSA) is 261 Å². The third-order valence-corrected chi connectivity index (χ3v) is 11.2. The van der Waals surface area contributed by atoms with Crippen molar-refractivity contribution in [3.63, 3.8) is 0 Å². The number of halogens is 1. The molecule has 6 heterocycles. The minimum Gasteiger partial charge on any atom is -0.394 e. The van der Waals surface area contributed by atoms with Crippen molar-refractivity contribution >= 4 is 71.7 Å². The minimum atomic E-state index is -4.38. The van der Waals surface area contributed by atoms with Crippen LogP contribution in [0.5, 0.6) is 0 Å². The van der Waals surface area contributed by atoms with Crippen LogP contribution in [0, 0.1) is 12.3 Å². The quantitative estimate of drug-likeness (QED) is 0.0676. The molecule has 18 nitrogen and oxygen atoms in total. The number of aromatic amines is 1. The van der Waals surface area contributed by atoms with Gasteiger partial charge in [0.1, 0.15) is 54.1 Å². The first-order chi connectivity index (χ1) is 21.8. The van der Waals surface area contributed by atoms with Crippen molar-refractivity contribution in [3.05, 3.63) is 35.3 Å². The lowest BCUT2D eigenvalue weighted by Gasteiger charge is -2.32. The second-order valence-electron chi connectivity index (χ2n) is 10.3. The minimum absolute atomic E-state index is 0.114. The summed E-state index contributed by atoms with van der Waals surface area (Å²) in [6.45, 7) is -5.99. The second kappa shape index (κ2) is 12.2. The molecule has 0 radical (unpaired) electrons. The van der Waals surface area contributed by atoms with Crippen LogP contribution in [0.25, 0.3) is 22.2 Å². The number of nitrogens with two attached hydrogens (primary N) is 2. The van der Waals surface area contributed by atoms with E-state index < -0.39 is 80.7 Å². The lowest BCUT2D eigenvalue weighted by atomic mass is 9.97. The molecule has 23 heteroatoms. The number of imidazole rings is 1.